The van der Waals surface area contributed by atoms with Crippen LogP contribution in [0.4, 0.5) is 0 Å². The highest BCUT2D eigenvalue weighted by atomic mass is 35.5. The Labute approximate surface area is 99.2 Å². The molecular weight excluding hydrogens is 237 g/mol. The summed E-state index contributed by atoms with van der Waals surface area (Å²) in [4.78, 5) is 11.6. The first-order chi connectivity index (χ1) is 6.38. The Hall–Kier alpha value is -1.39. The first-order valence-electron chi connectivity index (χ1n) is 3.78. The Morgan fingerprint density at radius 1 is 0.933 bits per heavy atom. The summed E-state index contributed by atoms with van der Waals surface area (Å²) < 4.78 is 0. The van der Waals surface area contributed by atoms with Gasteiger partial charge in [0.25, 0.3) is 0 Å². The van der Waals surface area contributed by atoms with Gasteiger partial charge in [-0.05, 0) is 12.1 Å². The second-order valence-electron chi connectivity index (χ2n) is 2.48. The van der Waals surface area contributed by atoms with E-state index in [4.69, 9.17) is 0 Å². The Morgan fingerprint density at radius 3 is 2.13 bits per heavy atom. The number of phenolic OH excluding ortho intramolecular Hbond substituents is 1. The van der Waals surface area contributed by atoms with Crippen LogP contribution in [-0.2, 0) is 0 Å². The zero-order valence-corrected chi connectivity index (χ0v) is 9.20. The van der Waals surface area contributed by atoms with E-state index < -0.39 is 0 Å². The summed E-state index contributed by atoms with van der Waals surface area (Å²) in [5.41, 5.74) is 0.616. The number of halogens is 2. The minimum atomic E-state index is 0. The third kappa shape index (κ3) is 3.04. The van der Waals surface area contributed by atoms with E-state index in [2.05, 4.69) is 15.0 Å². The first-order valence-corrected chi connectivity index (χ1v) is 3.78. The van der Waals surface area contributed by atoms with E-state index >= 15 is 0 Å². The summed E-state index contributed by atoms with van der Waals surface area (Å²) in [6.07, 6.45) is 2.80. The normalized spacial score (nSPS) is 8.53. The number of aromatic nitrogens is 3. The van der Waals surface area contributed by atoms with Crippen molar-refractivity contribution in [3.63, 3.8) is 0 Å². The standard InChI is InChI=1S/C9H7N3O.2ClH/c13-8-4-2-1-3-7(8)9-11-5-10-6-12-9;;/h1-6,13H;2*1H. The lowest BCUT2D eigenvalue weighted by Gasteiger charge is -2.00. The summed E-state index contributed by atoms with van der Waals surface area (Å²) in [6.45, 7) is 0. The summed E-state index contributed by atoms with van der Waals surface area (Å²) in [5.74, 6) is 0.654. The maximum Gasteiger partial charge on any atom is 0.166 e. The zero-order valence-electron chi connectivity index (χ0n) is 7.57. The third-order valence-electron chi connectivity index (χ3n) is 1.64. The Balaban J connectivity index is 0.000000980. The Bertz CT molecular complexity index is 411. The van der Waals surface area contributed by atoms with E-state index in [-0.39, 0.29) is 30.6 Å². The van der Waals surface area contributed by atoms with E-state index in [9.17, 15) is 5.11 Å². The molecule has 80 valence electrons. The molecule has 2 rings (SSSR count). The van der Waals surface area contributed by atoms with Crippen molar-refractivity contribution in [3.05, 3.63) is 36.9 Å². The SMILES string of the molecule is Cl.Cl.Oc1ccccc1-c1ncncn1. The molecule has 0 unspecified atom stereocenters. The third-order valence-corrected chi connectivity index (χ3v) is 1.64. The number of benzene rings is 1. The highest BCUT2D eigenvalue weighted by Crippen LogP contribution is 2.24. The van der Waals surface area contributed by atoms with Crippen molar-refractivity contribution in [1.82, 2.24) is 15.0 Å². The van der Waals surface area contributed by atoms with Crippen LogP contribution < -0.4 is 0 Å². The van der Waals surface area contributed by atoms with Gasteiger partial charge in [0.05, 0.1) is 5.56 Å². The molecule has 1 aromatic heterocycles. The smallest absolute Gasteiger partial charge is 0.166 e. The monoisotopic (exact) mass is 245 g/mol. The first kappa shape index (κ1) is 13.6. The van der Waals surface area contributed by atoms with Crippen LogP contribution >= 0.6 is 24.8 Å². The number of nitrogens with zero attached hydrogens (tertiary/aromatic N) is 3. The average Bonchev–Trinajstić information content (AvgIpc) is 2.20. The number of hydrogen-bond donors (Lipinski definition) is 1. The highest BCUT2D eigenvalue weighted by molar-refractivity contribution is 5.85. The summed E-state index contributed by atoms with van der Waals surface area (Å²) in [7, 11) is 0. The molecule has 2 aromatic rings. The fourth-order valence-electron chi connectivity index (χ4n) is 1.04. The second kappa shape index (κ2) is 6.16. The van der Waals surface area contributed by atoms with Crippen LogP contribution in [0.15, 0.2) is 36.9 Å². The topological polar surface area (TPSA) is 58.9 Å². The fourth-order valence-corrected chi connectivity index (χ4v) is 1.04. The van der Waals surface area contributed by atoms with Crippen LogP contribution in [0.5, 0.6) is 5.75 Å². The van der Waals surface area contributed by atoms with Gasteiger partial charge in [-0.3, -0.25) is 0 Å². The van der Waals surface area contributed by atoms with E-state index in [1.807, 2.05) is 6.07 Å². The maximum atomic E-state index is 9.46. The predicted molar refractivity (Wildman–Crippen MR) is 61.4 cm³/mol. The molecule has 4 nitrogen and oxygen atoms in total. The summed E-state index contributed by atoms with van der Waals surface area (Å²) in [6, 6.07) is 6.92. The van der Waals surface area contributed by atoms with Crippen molar-refractivity contribution in [3.8, 4) is 17.1 Å². The average molecular weight is 246 g/mol. The van der Waals surface area contributed by atoms with Gasteiger partial charge in [0.2, 0.25) is 0 Å². The summed E-state index contributed by atoms with van der Waals surface area (Å²) in [5, 5.41) is 9.46. The van der Waals surface area contributed by atoms with Crippen LogP contribution in [0, 0.1) is 0 Å². The molecule has 0 saturated heterocycles. The van der Waals surface area contributed by atoms with Crippen LogP contribution in [0.2, 0.25) is 0 Å². The quantitative estimate of drug-likeness (QED) is 0.836. The maximum absolute atomic E-state index is 9.46. The Kier molecular flexibility index (Phi) is 5.59. The number of aromatic hydroxyl groups is 1. The van der Waals surface area contributed by atoms with Gasteiger partial charge in [0.1, 0.15) is 18.4 Å². The molecule has 0 amide bonds. The molecule has 15 heavy (non-hydrogen) atoms. The van der Waals surface area contributed by atoms with Crippen LogP contribution in [0.25, 0.3) is 11.4 Å². The largest absolute Gasteiger partial charge is 0.507 e. The highest BCUT2D eigenvalue weighted by Gasteiger charge is 2.03. The minimum Gasteiger partial charge on any atom is -0.507 e. The van der Waals surface area contributed by atoms with Gasteiger partial charge >= 0.3 is 0 Å². The lowest BCUT2D eigenvalue weighted by Crippen LogP contribution is -1.88. The molecule has 1 heterocycles. The number of hydrogen-bond acceptors (Lipinski definition) is 4. The molecular formula is C9H9Cl2N3O. The number of phenols is 1. The molecule has 6 heteroatoms. The van der Waals surface area contributed by atoms with Gasteiger partial charge in [0, 0.05) is 0 Å². The second-order valence-corrected chi connectivity index (χ2v) is 2.48. The van der Waals surface area contributed by atoms with Gasteiger partial charge in [-0.25, -0.2) is 15.0 Å². The van der Waals surface area contributed by atoms with Crippen LogP contribution in [0.3, 0.4) is 0 Å². The van der Waals surface area contributed by atoms with E-state index in [0.29, 0.717) is 11.4 Å². The molecule has 0 aliphatic carbocycles. The molecule has 1 aromatic carbocycles. The van der Waals surface area contributed by atoms with Crippen molar-refractivity contribution in [2.24, 2.45) is 0 Å². The van der Waals surface area contributed by atoms with E-state index in [1.54, 1.807) is 18.2 Å². The van der Waals surface area contributed by atoms with Crippen molar-refractivity contribution in [2.45, 2.75) is 0 Å². The van der Waals surface area contributed by atoms with Gasteiger partial charge in [-0.1, -0.05) is 12.1 Å². The molecule has 0 spiro atoms. The molecule has 1 N–H and O–H groups in total. The molecule has 0 fully saturated rings. The Morgan fingerprint density at radius 2 is 1.53 bits per heavy atom. The predicted octanol–water partition coefficient (Wildman–Crippen LogP) is 2.09. The molecule has 0 aliphatic rings. The molecule has 0 aliphatic heterocycles. The van der Waals surface area contributed by atoms with Gasteiger partial charge < -0.3 is 5.11 Å². The van der Waals surface area contributed by atoms with Gasteiger partial charge in [-0.2, -0.15) is 0 Å². The summed E-state index contributed by atoms with van der Waals surface area (Å²) >= 11 is 0. The fraction of sp³-hybridized carbons (Fsp3) is 0. The van der Waals surface area contributed by atoms with E-state index in [1.165, 1.54) is 12.7 Å². The van der Waals surface area contributed by atoms with Gasteiger partial charge in [0.15, 0.2) is 5.82 Å². The van der Waals surface area contributed by atoms with Crippen LogP contribution in [0.1, 0.15) is 0 Å². The molecule has 0 bridgehead atoms. The molecule has 0 saturated carbocycles. The molecule has 0 atom stereocenters. The van der Waals surface area contributed by atoms with Crippen molar-refractivity contribution in [2.75, 3.05) is 0 Å². The lowest BCUT2D eigenvalue weighted by atomic mass is 10.2. The van der Waals surface area contributed by atoms with Crippen molar-refractivity contribution in [1.29, 1.82) is 0 Å². The van der Waals surface area contributed by atoms with Gasteiger partial charge in [-0.15, -0.1) is 24.8 Å². The van der Waals surface area contributed by atoms with E-state index in [0.717, 1.165) is 0 Å². The van der Waals surface area contributed by atoms with Crippen molar-refractivity contribution < 1.29 is 5.11 Å². The number of rotatable bonds is 1. The van der Waals surface area contributed by atoms with Crippen LogP contribution in [-0.4, -0.2) is 20.1 Å². The molecule has 0 radical (unpaired) electrons. The zero-order chi connectivity index (χ0) is 9.10. The van der Waals surface area contributed by atoms with Crippen molar-refractivity contribution >= 4 is 24.8 Å². The lowest BCUT2D eigenvalue weighted by molar-refractivity contribution is 0.477. The minimum absolute atomic E-state index is 0. The number of para-hydroxylation sites is 1.